The smallest absolute Gasteiger partial charge is 0.264 e. The van der Waals surface area contributed by atoms with Gasteiger partial charge in [-0.05, 0) is 86.9 Å². The van der Waals surface area contributed by atoms with E-state index in [1.807, 2.05) is 0 Å². The molecule has 4 rings (SSSR count). The Morgan fingerprint density at radius 2 is 1.36 bits per heavy atom. The van der Waals surface area contributed by atoms with Gasteiger partial charge in [-0.15, -0.1) is 0 Å². The molecule has 0 aromatic carbocycles. The summed E-state index contributed by atoms with van der Waals surface area (Å²) in [6.07, 6.45) is 12.2. The normalized spacial score (nSPS) is 48.3. The lowest BCUT2D eigenvalue weighted by atomic mass is 9.53. The molecule has 0 radical (unpaired) electrons. The van der Waals surface area contributed by atoms with Gasteiger partial charge in [0.2, 0.25) is 0 Å². The van der Waals surface area contributed by atoms with Crippen LogP contribution in [0.25, 0.3) is 0 Å². The molecular weight excluding hydrogens is 300 g/mol. The predicted octanol–water partition coefficient (Wildman–Crippen LogP) is 3.83. The Bertz CT molecular complexity index is 517. The van der Waals surface area contributed by atoms with Gasteiger partial charge in [-0.1, -0.05) is 12.8 Å². The largest absolute Gasteiger partial charge is 0.397 e. The number of hydrogen-bond acceptors (Lipinski definition) is 3. The fourth-order valence-electron chi connectivity index (χ4n) is 6.69. The second-order valence-electron chi connectivity index (χ2n) is 8.22. The Balaban J connectivity index is 1.44. The van der Waals surface area contributed by atoms with Crippen LogP contribution in [0.5, 0.6) is 0 Å². The van der Waals surface area contributed by atoms with Crippen LogP contribution in [-0.4, -0.2) is 19.1 Å². The first-order chi connectivity index (χ1) is 10.5. The molecule has 4 saturated carbocycles. The van der Waals surface area contributed by atoms with Gasteiger partial charge in [0.1, 0.15) is 0 Å². The molecule has 22 heavy (non-hydrogen) atoms. The minimum absolute atomic E-state index is 0.296. The first-order valence-electron chi connectivity index (χ1n) is 9.17. The van der Waals surface area contributed by atoms with Gasteiger partial charge in [0.25, 0.3) is 0 Å². The SMILES string of the molecule is O=S(=O)(O)OC1CCC2C(CCC3C4CCCC4CCC23)C1. The standard InChI is InChI=1S/C17H28O4S/c18-22(19,20)21-13-6-9-15-12(10-13)5-8-16-14-3-1-2-11(14)4-7-17(15)16/h11-17H,1-10H2,(H,18,19,20). The summed E-state index contributed by atoms with van der Waals surface area (Å²) in [5.41, 5.74) is 0. The molecule has 0 heterocycles. The van der Waals surface area contributed by atoms with Crippen molar-refractivity contribution in [2.24, 2.45) is 35.5 Å². The van der Waals surface area contributed by atoms with E-state index in [2.05, 4.69) is 0 Å². The van der Waals surface area contributed by atoms with Gasteiger partial charge in [-0.3, -0.25) is 4.55 Å². The van der Waals surface area contributed by atoms with Crippen LogP contribution in [0, 0.1) is 35.5 Å². The number of hydrogen-bond donors (Lipinski definition) is 1. The number of fused-ring (bicyclic) bond motifs is 5. The number of rotatable bonds is 2. The molecule has 0 aromatic heterocycles. The second-order valence-corrected chi connectivity index (χ2v) is 9.27. The van der Waals surface area contributed by atoms with Crippen molar-refractivity contribution < 1.29 is 17.2 Å². The van der Waals surface area contributed by atoms with E-state index in [9.17, 15) is 8.42 Å². The van der Waals surface area contributed by atoms with Crippen LogP contribution in [0.15, 0.2) is 0 Å². The maximum atomic E-state index is 10.9. The molecule has 4 nitrogen and oxygen atoms in total. The van der Waals surface area contributed by atoms with Crippen molar-refractivity contribution in [3.63, 3.8) is 0 Å². The molecule has 0 bridgehead atoms. The molecule has 0 amide bonds. The first kappa shape index (κ1) is 15.4. The van der Waals surface area contributed by atoms with Gasteiger partial charge < -0.3 is 0 Å². The van der Waals surface area contributed by atoms with E-state index in [1.165, 1.54) is 44.9 Å². The van der Waals surface area contributed by atoms with Crippen LogP contribution in [0.4, 0.5) is 0 Å². The average molecular weight is 328 g/mol. The molecule has 0 spiro atoms. The summed E-state index contributed by atoms with van der Waals surface area (Å²) in [7, 11) is -4.30. The molecule has 0 aromatic rings. The highest BCUT2D eigenvalue weighted by Gasteiger charge is 2.49. The molecule has 1 N–H and O–H groups in total. The van der Waals surface area contributed by atoms with Crippen molar-refractivity contribution in [2.45, 2.75) is 70.3 Å². The zero-order chi connectivity index (χ0) is 15.3. The minimum Gasteiger partial charge on any atom is -0.264 e. The van der Waals surface area contributed by atoms with E-state index in [0.717, 1.165) is 48.9 Å². The van der Waals surface area contributed by atoms with E-state index < -0.39 is 10.4 Å². The van der Waals surface area contributed by atoms with Gasteiger partial charge >= 0.3 is 10.4 Å². The lowest BCUT2D eigenvalue weighted by molar-refractivity contribution is -0.0413. The van der Waals surface area contributed by atoms with Crippen LogP contribution >= 0.6 is 0 Å². The maximum absolute atomic E-state index is 10.9. The van der Waals surface area contributed by atoms with Crippen molar-refractivity contribution >= 4 is 10.4 Å². The lowest BCUT2D eigenvalue weighted by Gasteiger charge is -2.52. The topological polar surface area (TPSA) is 63.6 Å². The van der Waals surface area contributed by atoms with E-state index >= 15 is 0 Å². The van der Waals surface area contributed by atoms with Crippen LogP contribution in [0.2, 0.25) is 0 Å². The van der Waals surface area contributed by atoms with E-state index in [0.29, 0.717) is 5.92 Å². The summed E-state index contributed by atoms with van der Waals surface area (Å²) in [6, 6.07) is 0. The Kier molecular flexibility index (Phi) is 4.02. The third-order valence-corrected chi connectivity index (χ3v) is 7.88. The van der Waals surface area contributed by atoms with Gasteiger partial charge in [0.05, 0.1) is 6.10 Å². The van der Waals surface area contributed by atoms with Gasteiger partial charge in [-0.25, -0.2) is 4.18 Å². The molecule has 7 unspecified atom stereocenters. The Labute approximate surface area is 134 Å². The third kappa shape index (κ3) is 2.84. The van der Waals surface area contributed by atoms with Crippen LogP contribution in [0.1, 0.15) is 64.2 Å². The summed E-state index contributed by atoms with van der Waals surface area (Å²) in [5, 5.41) is 0. The summed E-state index contributed by atoms with van der Waals surface area (Å²) < 4.78 is 35.7. The van der Waals surface area contributed by atoms with Crippen LogP contribution in [-0.2, 0) is 14.6 Å². The molecule has 4 aliphatic rings. The summed E-state index contributed by atoms with van der Waals surface area (Å²) >= 11 is 0. The Hall–Kier alpha value is -0.130. The fourth-order valence-corrected chi connectivity index (χ4v) is 7.21. The van der Waals surface area contributed by atoms with Crippen molar-refractivity contribution in [3.05, 3.63) is 0 Å². The summed E-state index contributed by atoms with van der Waals surface area (Å²) in [4.78, 5) is 0. The van der Waals surface area contributed by atoms with Crippen molar-refractivity contribution in [1.82, 2.24) is 0 Å². The molecule has 4 aliphatic carbocycles. The zero-order valence-electron chi connectivity index (χ0n) is 13.2. The highest BCUT2D eigenvalue weighted by molar-refractivity contribution is 7.80. The van der Waals surface area contributed by atoms with Gasteiger partial charge in [0.15, 0.2) is 0 Å². The molecular formula is C17H28O4S. The second kappa shape index (κ2) is 5.75. The van der Waals surface area contributed by atoms with Crippen LogP contribution < -0.4 is 0 Å². The molecule has 0 aliphatic heterocycles. The fraction of sp³-hybridized carbons (Fsp3) is 1.00. The summed E-state index contributed by atoms with van der Waals surface area (Å²) in [6.45, 7) is 0. The zero-order valence-corrected chi connectivity index (χ0v) is 14.0. The quantitative estimate of drug-likeness (QED) is 0.783. The molecule has 5 heteroatoms. The first-order valence-corrected chi connectivity index (χ1v) is 10.5. The Morgan fingerprint density at radius 1 is 0.727 bits per heavy atom. The molecule has 4 fully saturated rings. The van der Waals surface area contributed by atoms with Gasteiger partial charge in [0, 0.05) is 0 Å². The van der Waals surface area contributed by atoms with E-state index in [1.54, 1.807) is 0 Å². The van der Waals surface area contributed by atoms with Crippen molar-refractivity contribution in [1.29, 1.82) is 0 Å². The molecule has 0 saturated heterocycles. The molecule has 7 atom stereocenters. The summed E-state index contributed by atoms with van der Waals surface area (Å²) in [5.74, 6) is 5.22. The van der Waals surface area contributed by atoms with Crippen molar-refractivity contribution in [2.75, 3.05) is 0 Å². The third-order valence-electron chi connectivity index (χ3n) is 7.36. The highest BCUT2D eigenvalue weighted by Crippen LogP contribution is 2.57. The van der Waals surface area contributed by atoms with E-state index in [-0.39, 0.29) is 6.10 Å². The monoisotopic (exact) mass is 328 g/mol. The van der Waals surface area contributed by atoms with Crippen LogP contribution in [0.3, 0.4) is 0 Å². The Morgan fingerprint density at radius 3 is 2.09 bits per heavy atom. The highest BCUT2D eigenvalue weighted by atomic mass is 32.3. The predicted molar refractivity (Wildman–Crippen MR) is 83.5 cm³/mol. The minimum atomic E-state index is -4.30. The average Bonchev–Trinajstić information content (AvgIpc) is 2.93. The van der Waals surface area contributed by atoms with Crippen molar-refractivity contribution in [3.8, 4) is 0 Å². The molecule has 126 valence electrons. The lowest BCUT2D eigenvalue weighted by Crippen LogP contribution is -2.45. The maximum Gasteiger partial charge on any atom is 0.397 e. The van der Waals surface area contributed by atoms with Gasteiger partial charge in [-0.2, -0.15) is 8.42 Å². The van der Waals surface area contributed by atoms with E-state index in [4.69, 9.17) is 8.74 Å².